The van der Waals surface area contributed by atoms with E-state index in [0.29, 0.717) is 18.0 Å². The molecule has 1 saturated heterocycles. The van der Waals surface area contributed by atoms with E-state index in [2.05, 4.69) is 25.8 Å². The second-order valence-corrected chi connectivity index (χ2v) is 5.68. The maximum absolute atomic E-state index is 12.1. The summed E-state index contributed by atoms with van der Waals surface area (Å²) in [6, 6.07) is 10.8. The summed E-state index contributed by atoms with van der Waals surface area (Å²) >= 11 is 0. The van der Waals surface area contributed by atoms with Crippen molar-refractivity contribution in [1.82, 2.24) is 10.3 Å². The first kappa shape index (κ1) is 17.0. The van der Waals surface area contributed by atoms with Crippen molar-refractivity contribution >= 4 is 23.2 Å². The number of piperazine rings is 1. The van der Waals surface area contributed by atoms with Gasteiger partial charge in [0.2, 0.25) is 0 Å². The number of nitrogens with one attached hydrogen (secondary N) is 3. The lowest BCUT2D eigenvalue weighted by Gasteiger charge is -2.28. The van der Waals surface area contributed by atoms with E-state index in [1.807, 2.05) is 37.3 Å². The highest BCUT2D eigenvalue weighted by molar-refractivity contribution is 5.99. The van der Waals surface area contributed by atoms with Gasteiger partial charge in [0, 0.05) is 37.9 Å². The molecular weight excluding hydrogens is 318 g/mol. The van der Waals surface area contributed by atoms with E-state index in [1.165, 1.54) is 0 Å². The molecule has 2 amide bonds. The maximum Gasteiger partial charge on any atom is 0.323 e. The third-order valence-corrected chi connectivity index (χ3v) is 3.85. The molecule has 1 aliphatic rings. The Balaban J connectivity index is 1.56. The summed E-state index contributed by atoms with van der Waals surface area (Å²) in [5.41, 5.74) is 1.33. The van der Waals surface area contributed by atoms with Gasteiger partial charge in [0.1, 0.15) is 11.6 Å². The van der Waals surface area contributed by atoms with E-state index >= 15 is 0 Å². The smallest absolute Gasteiger partial charge is 0.323 e. The molecule has 1 fully saturated rings. The minimum Gasteiger partial charge on any atom is -0.494 e. The summed E-state index contributed by atoms with van der Waals surface area (Å²) in [6.45, 7) is 6.31. The molecule has 1 aromatic carbocycles. The number of hydrogen-bond acceptors (Lipinski definition) is 5. The fraction of sp³-hybridized carbons (Fsp3) is 0.333. The normalized spacial score (nSPS) is 14.0. The van der Waals surface area contributed by atoms with Crippen LogP contribution in [0.15, 0.2) is 42.6 Å². The first-order valence-corrected chi connectivity index (χ1v) is 8.47. The number of rotatable bonds is 5. The number of aromatic nitrogens is 1. The summed E-state index contributed by atoms with van der Waals surface area (Å²) in [4.78, 5) is 18.8. The van der Waals surface area contributed by atoms with E-state index < -0.39 is 0 Å². The van der Waals surface area contributed by atoms with Gasteiger partial charge < -0.3 is 25.6 Å². The van der Waals surface area contributed by atoms with Gasteiger partial charge in [-0.2, -0.15) is 0 Å². The third kappa shape index (κ3) is 4.84. The Morgan fingerprint density at radius 3 is 2.72 bits per heavy atom. The predicted octanol–water partition coefficient (Wildman–Crippen LogP) is 2.53. The third-order valence-electron chi connectivity index (χ3n) is 3.85. The highest BCUT2D eigenvalue weighted by Gasteiger charge is 2.11. The van der Waals surface area contributed by atoms with Crippen LogP contribution in [-0.2, 0) is 0 Å². The van der Waals surface area contributed by atoms with Gasteiger partial charge in [0.15, 0.2) is 0 Å². The molecule has 1 aliphatic heterocycles. The average molecular weight is 341 g/mol. The lowest BCUT2D eigenvalue weighted by molar-refractivity contribution is 0.262. The van der Waals surface area contributed by atoms with Crippen LogP contribution in [0.3, 0.4) is 0 Å². The number of nitrogens with zero attached hydrogens (tertiary/aromatic N) is 2. The van der Waals surface area contributed by atoms with Crippen LogP contribution in [0.5, 0.6) is 5.75 Å². The summed E-state index contributed by atoms with van der Waals surface area (Å²) in [6.07, 6.45) is 1.67. The first-order valence-electron chi connectivity index (χ1n) is 8.47. The molecule has 132 valence electrons. The Kier molecular flexibility index (Phi) is 5.69. The Bertz CT molecular complexity index is 699. The number of carbonyl (C=O) groups is 1. The molecule has 2 aromatic rings. The second-order valence-electron chi connectivity index (χ2n) is 5.68. The number of carbonyl (C=O) groups excluding carboxylic acids is 1. The Hall–Kier alpha value is -2.80. The van der Waals surface area contributed by atoms with E-state index in [-0.39, 0.29) is 6.03 Å². The van der Waals surface area contributed by atoms with Crippen molar-refractivity contribution in [2.75, 3.05) is 48.3 Å². The summed E-state index contributed by atoms with van der Waals surface area (Å²) in [5, 5.41) is 8.89. The van der Waals surface area contributed by atoms with Crippen molar-refractivity contribution in [2.24, 2.45) is 0 Å². The standard InChI is InChI=1S/C18H23N5O2/c1-2-25-16-5-3-4-14(12-16)21-18(24)22-15-6-7-17(20-13-15)23-10-8-19-9-11-23/h3-7,12-13,19H,2,8-11H2,1H3,(H2,21,22,24). The second kappa shape index (κ2) is 8.34. The van der Waals surface area contributed by atoms with E-state index in [1.54, 1.807) is 12.3 Å². The van der Waals surface area contributed by atoms with Gasteiger partial charge in [0.05, 0.1) is 18.5 Å². The van der Waals surface area contributed by atoms with E-state index in [4.69, 9.17) is 4.74 Å². The molecule has 0 spiro atoms. The van der Waals surface area contributed by atoms with Crippen LogP contribution in [0.2, 0.25) is 0 Å². The van der Waals surface area contributed by atoms with Crippen molar-refractivity contribution in [3.05, 3.63) is 42.6 Å². The quantitative estimate of drug-likeness (QED) is 0.779. The number of hydrogen-bond donors (Lipinski definition) is 3. The Morgan fingerprint density at radius 1 is 1.20 bits per heavy atom. The molecule has 7 heteroatoms. The van der Waals surface area contributed by atoms with Crippen LogP contribution in [-0.4, -0.2) is 43.8 Å². The lowest BCUT2D eigenvalue weighted by atomic mass is 10.3. The van der Waals surface area contributed by atoms with Crippen LogP contribution in [0.1, 0.15) is 6.92 Å². The van der Waals surface area contributed by atoms with Crippen LogP contribution in [0.4, 0.5) is 22.0 Å². The van der Waals surface area contributed by atoms with E-state index in [9.17, 15) is 4.79 Å². The molecular formula is C18H23N5O2. The highest BCUT2D eigenvalue weighted by Crippen LogP contribution is 2.18. The molecule has 0 unspecified atom stereocenters. The van der Waals surface area contributed by atoms with Gasteiger partial charge in [-0.15, -0.1) is 0 Å². The Morgan fingerprint density at radius 2 is 2.00 bits per heavy atom. The minimum atomic E-state index is -0.314. The van der Waals surface area contributed by atoms with Crippen molar-refractivity contribution in [3.8, 4) is 5.75 Å². The number of benzene rings is 1. The molecule has 0 aliphatic carbocycles. The molecule has 7 nitrogen and oxygen atoms in total. The lowest BCUT2D eigenvalue weighted by Crippen LogP contribution is -2.43. The van der Waals surface area contributed by atoms with Crippen molar-refractivity contribution in [2.45, 2.75) is 6.92 Å². The molecule has 3 N–H and O–H groups in total. The number of ether oxygens (including phenoxy) is 1. The topological polar surface area (TPSA) is 78.5 Å². The van der Waals surface area contributed by atoms with Gasteiger partial charge in [-0.3, -0.25) is 0 Å². The molecule has 3 rings (SSSR count). The zero-order chi connectivity index (χ0) is 17.5. The SMILES string of the molecule is CCOc1cccc(NC(=O)Nc2ccc(N3CCNCC3)nc2)c1. The zero-order valence-electron chi connectivity index (χ0n) is 14.3. The van der Waals surface area contributed by atoms with Gasteiger partial charge in [-0.05, 0) is 31.2 Å². The van der Waals surface area contributed by atoms with Crippen molar-refractivity contribution < 1.29 is 9.53 Å². The monoisotopic (exact) mass is 341 g/mol. The summed E-state index contributed by atoms with van der Waals surface area (Å²) < 4.78 is 5.43. The van der Waals surface area contributed by atoms with Crippen molar-refractivity contribution in [3.63, 3.8) is 0 Å². The fourth-order valence-electron chi connectivity index (χ4n) is 2.66. The van der Waals surface area contributed by atoms with Crippen LogP contribution >= 0.6 is 0 Å². The van der Waals surface area contributed by atoms with Gasteiger partial charge >= 0.3 is 6.03 Å². The van der Waals surface area contributed by atoms with Crippen LogP contribution < -0.4 is 25.6 Å². The van der Waals surface area contributed by atoms with Crippen LogP contribution in [0, 0.1) is 0 Å². The van der Waals surface area contributed by atoms with Crippen molar-refractivity contribution in [1.29, 1.82) is 0 Å². The van der Waals surface area contributed by atoms with Gasteiger partial charge in [0.25, 0.3) is 0 Å². The number of amides is 2. The van der Waals surface area contributed by atoms with Gasteiger partial charge in [-0.25, -0.2) is 9.78 Å². The zero-order valence-corrected chi connectivity index (χ0v) is 14.3. The van der Waals surface area contributed by atoms with Gasteiger partial charge in [-0.1, -0.05) is 6.07 Å². The molecule has 25 heavy (non-hydrogen) atoms. The summed E-state index contributed by atoms with van der Waals surface area (Å²) in [5.74, 6) is 1.65. The number of pyridine rings is 1. The fourth-order valence-corrected chi connectivity index (χ4v) is 2.66. The molecule has 0 atom stereocenters. The first-order chi connectivity index (χ1) is 12.2. The highest BCUT2D eigenvalue weighted by atomic mass is 16.5. The number of urea groups is 1. The average Bonchev–Trinajstić information content (AvgIpc) is 2.63. The molecule has 1 aromatic heterocycles. The Labute approximate surface area is 147 Å². The largest absolute Gasteiger partial charge is 0.494 e. The summed E-state index contributed by atoms with van der Waals surface area (Å²) in [7, 11) is 0. The molecule has 0 saturated carbocycles. The minimum absolute atomic E-state index is 0.314. The number of anilines is 3. The molecule has 0 radical (unpaired) electrons. The predicted molar refractivity (Wildman–Crippen MR) is 99.6 cm³/mol. The van der Waals surface area contributed by atoms with Crippen LogP contribution in [0.25, 0.3) is 0 Å². The van der Waals surface area contributed by atoms with E-state index in [0.717, 1.165) is 37.7 Å². The maximum atomic E-state index is 12.1. The molecule has 0 bridgehead atoms. The molecule has 2 heterocycles.